The minimum atomic E-state index is -0.778. The molecule has 1 aromatic rings. The molecule has 0 bridgehead atoms. The van der Waals surface area contributed by atoms with Crippen LogP contribution in [0.2, 0.25) is 0 Å². The van der Waals surface area contributed by atoms with E-state index in [0.29, 0.717) is 18.5 Å². The Hall–Kier alpha value is -1.98. The summed E-state index contributed by atoms with van der Waals surface area (Å²) in [6.07, 6.45) is 7.12. The fourth-order valence-electron chi connectivity index (χ4n) is 2.40. The van der Waals surface area contributed by atoms with Gasteiger partial charge in [0, 0.05) is 31.9 Å². The van der Waals surface area contributed by atoms with Crippen LogP contribution in [0.4, 0.5) is 0 Å². The molecule has 0 aliphatic carbocycles. The number of carbonyl (C=O) groups is 2. The van der Waals surface area contributed by atoms with Gasteiger partial charge in [0.05, 0.1) is 5.56 Å². The Labute approximate surface area is 111 Å². The summed E-state index contributed by atoms with van der Waals surface area (Å²) in [6, 6.07) is 0. The molecule has 1 fully saturated rings. The van der Waals surface area contributed by atoms with Crippen LogP contribution in [0, 0.1) is 5.92 Å². The third-order valence-electron chi connectivity index (χ3n) is 3.38. The topological polar surface area (TPSA) is 83.4 Å². The van der Waals surface area contributed by atoms with Crippen molar-refractivity contribution < 1.29 is 14.7 Å². The van der Waals surface area contributed by atoms with Gasteiger partial charge in [-0.15, -0.1) is 0 Å². The highest BCUT2D eigenvalue weighted by Crippen LogP contribution is 2.22. The monoisotopic (exact) mass is 263 g/mol. The molecule has 1 atom stereocenters. The van der Waals surface area contributed by atoms with E-state index in [2.05, 4.69) is 9.97 Å². The fourth-order valence-corrected chi connectivity index (χ4v) is 2.40. The van der Waals surface area contributed by atoms with Gasteiger partial charge in [-0.3, -0.25) is 9.59 Å². The first kappa shape index (κ1) is 13.5. The first-order chi connectivity index (χ1) is 9.16. The van der Waals surface area contributed by atoms with Gasteiger partial charge >= 0.3 is 5.97 Å². The molecule has 1 amide bonds. The number of aromatic nitrogens is 2. The fraction of sp³-hybridized carbons (Fsp3) is 0.538. The minimum Gasteiger partial charge on any atom is -0.481 e. The summed E-state index contributed by atoms with van der Waals surface area (Å²) in [6.45, 7) is 1.35. The SMILES string of the molecule is O=C(O)CCC1CCCN(C(=O)c2cncnc2)C1. The van der Waals surface area contributed by atoms with Crippen molar-refractivity contribution in [2.24, 2.45) is 5.92 Å². The number of piperidine rings is 1. The van der Waals surface area contributed by atoms with Crippen molar-refractivity contribution in [3.05, 3.63) is 24.3 Å². The molecule has 19 heavy (non-hydrogen) atoms. The molecule has 0 spiro atoms. The summed E-state index contributed by atoms with van der Waals surface area (Å²) in [5.74, 6) is -0.570. The van der Waals surface area contributed by atoms with Crippen LogP contribution in [-0.2, 0) is 4.79 Å². The summed E-state index contributed by atoms with van der Waals surface area (Å²) in [4.78, 5) is 32.3. The summed E-state index contributed by atoms with van der Waals surface area (Å²) >= 11 is 0. The Kier molecular flexibility index (Phi) is 4.43. The quantitative estimate of drug-likeness (QED) is 0.882. The van der Waals surface area contributed by atoms with Gasteiger partial charge in [-0.25, -0.2) is 9.97 Å². The third kappa shape index (κ3) is 3.74. The van der Waals surface area contributed by atoms with E-state index in [-0.39, 0.29) is 18.2 Å². The summed E-state index contributed by atoms with van der Waals surface area (Å²) in [7, 11) is 0. The van der Waals surface area contributed by atoms with Crippen molar-refractivity contribution in [2.75, 3.05) is 13.1 Å². The van der Waals surface area contributed by atoms with Crippen molar-refractivity contribution in [3.63, 3.8) is 0 Å². The minimum absolute atomic E-state index is 0.0689. The van der Waals surface area contributed by atoms with Gasteiger partial charge in [0.2, 0.25) is 0 Å². The molecule has 6 nitrogen and oxygen atoms in total. The van der Waals surface area contributed by atoms with E-state index >= 15 is 0 Å². The van der Waals surface area contributed by atoms with E-state index in [1.54, 1.807) is 4.90 Å². The van der Waals surface area contributed by atoms with Crippen molar-refractivity contribution in [1.29, 1.82) is 0 Å². The molecule has 2 heterocycles. The Morgan fingerprint density at radius 3 is 2.79 bits per heavy atom. The molecule has 1 unspecified atom stereocenters. The lowest BCUT2D eigenvalue weighted by Gasteiger charge is -2.32. The van der Waals surface area contributed by atoms with E-state index in [1.807, 2.05) is 0 Å². The van der Waals surface area contributed by atoms with Crippen LogP contribution >= 0.6 is 0 Å². The molecule has 1 aromatic heterocycles. The maximum absolute atomic E-state index is 12.2. The number of carboxylic acid groups (broad SMARTS) is 1. The van der Waals surface area contributed by atoms with Crippen LogP contribution in [0.5, 0.6) is 0 Å². The zero-order valence-electron chi connectivity index (χ0n) is 10.7. The van der Waals surface area contributed by atoms with Crippen LogP contribution in [0.15, 0.2) is 18.7 Å². The number of amides is 1. The second kappa shape index (κ2) is 6.26. The van der Waals surface area contributed by atoms with Gasteiger partial charge in [0.25, 0.3) is 5.91 Å². The van der Waals surface area contributed by atoms with E-state index in [9.17, 15) is 9.59 Å². The zero-order chi connectivity index (χ0) is 13.7. The molecule has 1 saturated heterocycles. The Bertz CT molecular complexity index is 450. The number of likely N-dealkylation sites (tertiary alicyclic amines) is 1. The molecule has 2 rings (SSSR count). The number of hydrogen-bond acceptors (Lipinski definition) is 4. The van der Waals surface area contributed by atoms with Crippen LogP contribution in [-0.4, -0.2) is 44.9 Å². The average Bonchev–Trinajstić information content (AvgIpc) is 2.45. The van der Waals surface area contributed by atoms with Crippen molar-refractivity contribution in [3.8, 4) is 0 Å². The first-order valence-corrected chi connectivity index (χ1v) is 6.43. The van der Waals surface area contributed by atoms with Crippen LogP contribution < -0.4 is 0 Å². The zero-order valence-corrected chi connectivity index (χ0v) is 10.7. The second-order valence-electron chi connectivity index (χ2n) is 4.82. The Morgan fingerprint density at radius 2 is 2.11 bits per heavy atom. The van der Waals surface area contributed by atoms with Gasteiger partial charge in [-0.05, 0) is 25.2 Å². The van der Waals surface area contributed by atoms with Crippen LogP contribution in [0.25, 0.3) is 0 Å². The van der Waals surface area contributed by atoms with Crippen LogP contribution in [0.1, 0.15) is 36.0 Å². The molecule has 6 heteroatoms. The molecule has 0 saturated carbocycles. The molecule has 1 aliphatic heterocycles. The lowest BCUT2D eigenvalue weighted by Crippen LogP contribution is -2.40. The molecule has 102 valence electrons. The molecular weight excluding hydrogens is 246 g/mol. The van der Waals surface area contributed by atoms with Crippen molar-refractivity contribution >= 4 is 11.9 Å². The number of aliphatic carboxylic acids is 1. The largest absolute Gasteiger partial charge is 0.481 e. The highest BCUT2D eigenvalue weighted by Gasteiger charge is 2.24. The van der Waals surface area contributed by atoms with Gasteiger partial charge in [-0.1, -0.05) is 0 Å². The predicted molar refractivity (Wildman–Crippen MR) is 67.5 cm³/mol. The second-order valence-corrected chi connectivity index (χ2v) is 4.82. The standard InChI is InChI=1S/C13H17N3O3/c17-12(18)4-3-10-2-1-5-16(8-10)13(19)11-6-14-9-15-7-11/h6-7,9-10H,1-5,8H2,(H,17,18). The lowest BCUT2D eigenvalue weighted by molar-refractivity contribution is -0.137. The molecule has 1 N–H and O–H groups in total. The summed E-state index contributed by atoms with van der Waals surface area (Å²) in [5, 5.41) is 8.70. The smallest absolute Gasteiger partial charge is 0.303 e. The van der Waals surface area contributed by atoms with E-state index in [1.165, 1.54) is 18.7 Å². The number of carbonyl (C=O) groups excluding carboxylic acids is 1. The van der Waals surface area contributed by atoms with Crippen LogP contribution in [0.3, 0.4) is 0 Å². The molecular formula is C13H17N3O3. The average molecular weight is 263 g/mol. The summed E-state index contributed by atoms with van der Waals surface area (Å²) in [5.41, 5.74) is 0.487. The van der Waals surface area contributed by atoms with E-state index in [4.69, 9.17) is 5.11 Å². The highest BCUT2D eigenvalue weighted by molar-refractivity contribution is 5.93. The predicted octanol–water partition coefficient (Wildman–Crippen LogP) is 1.19. The Balaban J connectivity index is 1.93. The van der Waals surface area contributed by atoms with E-state index < -0.39 is 5.97 Å². The number of nitrogens with zero attached hydrogens (tertiary/aromatic N) is 3. The number of rotatable bonds is 4. The number of hydrogen-bond donors (Lipinski definition) is 1. The molecule has 0 aromatic carbocycles. The molecule has 1 aliphatic rings. The third-order valence-corrected chi connectivity index (χ3v) is 3.38. The van der Waals surface area contributed by atoms with Gasteiger partial charge in [0.1, 0.15) is 6.33 Å². The lowest BCUT2D eigenvalue weighted by atomic mass is 9.93. The van der Waals surface area contributed by atoms with Gasteiger partial charge in [0.15, 0.2) is 0 Å². The van der Waals surface area contributed by atoms with E-state index in [0.717, 1.165) is 19.4 Å². The van der Waals surface area contributed by atoms with Crippen molar-refractivity contribution in [2.45, 2.75) is 25.7 Å². The normalized spacial score (nSPS) is 19.2. The first-order valence-electron chi connectivity index (χ1n) is 6.43. The number of carboxylic acids is 1. The molecule has 0 radical (unpaired) electrons. The maximum atomic E-state index is 12.2. The maximum Gasteiger partial charge on any atom is 0.303 e. The highest BCUT2D eigenvalue weighted by atomic mass is 16.4. The van der Waals surface area contributed by atoms with Gasteiger partial charge in [-0.2, -0.15) is 0 Å². The summed E-state index contributed by atoms with van der Waals surface area (Å²) < 4.78 is 0. The van der Waals surface area contributed by atoms with Crippen molar-refractivity contribution in [1.82, 2.24) is 14.9 Å². The Morgan fingerprint density at radius 1 is 1.37 bits per heavy atom. The van der Waals surface area contributed by atoms with Gasteiger partial charge < -0.3 is 10.0 Å².